The quantitative estimate of drug-likeness (QED) is 0.863. The van der Waals surface area contributed by atoms with Gasteiger partial charge in [-0.25, -0.2) is 0 Å². The second-order valence-electron chi connectivity index (χ2n) is 7.42. The number of aromatic nitrogens is 2. The van der Waals surface area contributed by atoms with Gasteiger partial charge in [0.1, 0.15) is 6.04 Å². The van der Waals surface area contributed by atoms with Gasteiger partial charge in [-0.15, -0.1) is 0 Å². The zero-order valence-electron chi connectivity index (χ0n) is 16.0. The van der Waals surface area contributed by atoms with Crippen LogP contribution in [0.4, 0.5) is 0 Å². The van der Waals surface area contributed by atoms with Crippen LogP contribution in [-0.2, 0) is 29.2 Å². The number of aryl methyl sites for hydroxylation is 1. The van der Waals surface area contributed by atoms with Crippen LogP contribution in [0.5, 0.6) is 0 Å². The van der Waals surface area contributed by atoms with Crippen molar-refractivity contribution in [3.8, 4) is 0 Å². The van der Waals surface area contributed by atoms with E-state index in [4.69, 9.17) is 0 Å². The Balaban J connectivity index is 1.59. The van der Waals surface area contributed by atoms with E-state index in [2.05, 4.69) is 33.0 Å². The summed E-state index contributed by atoms with van der Waals surface area (Å²) in [5.74, 6) is -0.0784. The number of rotatable bonds is 5. The molecular weight excluding hydrogens is 330 g/mol. The van der Waals surface area contributed by atoms with Gasteiger partial charge >= 0.3 is 0 Å². The summed E-state index contributed by atoms with van der Waals surface area (Å²) in [7, 11) is 0. The largest absolute Gasteiger partial charge is 0.349 e. The first-order chi connectivity index (χ1) is 12.6. The molecule has 0 aliphatic carbocycles. The van der Waals surface area contributed by atoms with Crippen LogP contribution in [0, 0.1) is 0 Å². The molecule has 2 aliphatic heterocycles. The van der Waals surface area contributed by atoms with E-state index >= 15 is 0 Å². The molecule has 7 heteroatoms. The van der Waals surface area contributed by atoms with Crippen LogP contribution in [0.1, 0.15) is 57.3 Å². The number of nitrogens with one attached hydrogen (secondary N) is 1. The second-order valence-corrected chi connectivity index (χ2v) is 7.42. The highest BCUT2D eigenvalue weighted by Crippen LogP contribution is 2.18. The smallest absolute Gasteiger partial charge is 0.243 e. The Morgan fingerprint density at radius 1 is 1.23 bits per heavy atom. The van der Waals surface area contributed by atoms with Crippen molar-refractivity contribution >= 4 is 11.8 Å². The van der Waals surface area contributed by atoms with Crippen LogP contribution >= 0.6 is 0 Å². The molecule has 1 N–H and O–H groups in total. The summed E-state index contributed by atoms with van der Waals surface area (Å²) in [6.45, 7) is 8.94. The number of piperidine rings is 1. The van der Waals surface area contributed by atoms with Crippen molar-refractivity contribution in [1.29, 1.82) is 0 Å². The third-order valence-electron chi connectivity index (χ3n) is 5.34. The SMILES string of the molecule is CCCN1CCCn2nc(CNC(=O)[C@H]3CCCCN3C(C)=O)cc2C1. The highest BCUT2D eigenvalue weighted by molar-refractivity contribution is 5.87. The molecule has 3 heterocycles. The van der Waals surface area contributed by atoms with Gasteiger partial charge in [0.2, 0.25) is 11.8 Å². The number of amides is 2. The Hall–Kier alpha value is -1.89. The monoisotopic (exact) mass is 361 g/mol. The van der Waals surface area contributed by atoms with Crippen LogP contribution < -0.4 is 5.32 Å². The van der Waals surface area contributed by atoms with Gasteiger partial charge in [0.25, 0.3) is 0 Å². The van der Waals surface area contributed by atoms with Gasteiger partial charge in [-0.3, -0.25) is 19.2 Å². The van der Waals surface area contributed by atoms with Crippen LogP contribution in [0.15, 0.2) is 6.07 Å². The first-order valence-electron chi connectivity index (χ1n) is 9.91. The molecule has 2 amide bonds. The molecule has 0 unspecified atom stereocenters. The van der Waals surface area contributed by atoms with E-state index in [1.807, 2.05) is 0 Å². The summed E-state index contributed by atoms with van der Waals surface area (Å²) >= 11 is 0. The molecule has 2 aliphatic rings. The molecule has 1 fully saturated rings. The Morgan fingerprint density at radius 3 is 2.85 bits per heavy atom. The number of likely N-dealkylation sites (tertiary alicyclic amines) is 1. The lowest BCUT2D eigenvalue weighted by Gasteiger charge is -2.33. The van der Waals surface area contributed by atoms with Crippen molar-refractivity contribution < 1.29 is 9.59 Å². The van der Waals surface area contributed by atoms with E-state index in [0.29, 0.717) is 13.1 Å². The normalized spacial score (nSPS) is 21.2. The minimum absolute atomic E-state index is 0.0189. The van der Waals surface area contributed by atoms with Gasteiger partial charge in [-0.05, 0) is 44.7 Å². The van der Waals surface area contributed by atoms with Gasteiger partial charge in [-0.2, -0.15) is 5.10 Å². The number of carbonyl (C=O) groups excluding carboxylic acids is 2. The molecule has 0 radical (unpaired) electrons. The Kier molecular flexibility index (Phi) is 6.29. The third-order valence-corrected chi connectivity index (χ3v) is 5.34. The lowest BCUT2D eigenvalue weighted by atomic mass is 10.0. The molecule has 7 nitrogen and oxygen atoms in total. The molecule has 1 aromatic heterocycles. The van der Waals surface area contributed by atoms with Crippen molar-refractivity contribution in [1.82, 2.24) is 24.9 Å². The maximum Gasteiger partial charge on any atom is 0.243 e. The van der Waals surface area contributed by atoms with Gasteiger partial charge in [0.15, 0.2) is 0 Å². The molecule has 1 atom stereocenters. The van der Waals surface area contributed by atoms with E-state index in [-0.39, 0.29) is 17.9 Å². The van der Waals surface area contributed by atoms with Crippen LogP contribution in [0.3, 0.4) is 0 Å². The number of carbonyl (C=O) groups is 2. The topological polar surface area (TPSA) is 70.5 Å². The van der Waals surface area contributed by atoms with Gasteiger partial charge in [0, 0.05) is 33.1 Å². The first kappa shape index (κ1) is 18.9. The maximum absolute atomic E-state index is 12.6. The number of hydrogen-bond acceptors (Lipinski definition) is 4. The van der Waals surface area contributed by atoms with Gasteiger partial charge in [-0.1, -0.05) is 6.92 Å². The molecule has 0 bridgehead atoms. The van der Waals surface area contributed by atoms with E-state index < -0.39 is 0 Å². The highest BCUT2D eigenvalue weighted by atomic mass is 16.2. The standard InChI is InChI=1S/C19H31N5O2/c1-3-8-22-9-6-11-24-17(14-22)12-16(21-24)13-20-19(26)18-7-4-5-10-23(18)15(2)25/h12,18H,3-11,13-14H2,1-2H3,(H,20,26)/t18-/m1/s1. The zero-order chi connectivity index (χ0) is 18.5. The van der Waals surface area contributed by atoms with Crippen molar-refractivity contribution in [2.45, 2.75) is 71.6 Å². The molecule has 0 aromatic carbocycles. The number of fused-ring (bicyclic) bond motifs is 1. The summed E-state index contributed by atoms with van der Waals surface area (Å²) < 4.78 is 2.08. The molecule has 0 saturated carbocycles. The van der Waals surface area contributed by atoms with Crippen molar-refractivity contribution in [2.24, 2.45) is 0 Å². The molecule has 144 valence electrons. The molecule has 1 saturated heterocycles. The van der Waals surface area contributed by atoms with Crippen LogP contribution in [0.2, 0.25) is 0 Å². The molecular formula is C19H31N5O2. The van der Waals surface area contributed by atoms with Crippen molar-refractivity contribution in [3.63, 3.8) is 0 Å². The van der Waals surface area contributed by atoms with Gasteiger partial charge in [0.05, 0.1) is 17.9 Å². The predicted molar refractivity (Wildman–Crippen MR) is 99.3 cm³/mol. The molecule has 3 rings (SSSR count). The summed E-state index contributed by atoms with van der Waals surface area (Å²) in [5.41, 5.74) is 2.13. The Morgan fingerprint density at radius 2 is 2.08 bits per heavy atom. The summed E-state index contributed by atoms with van der Waals surface area (Å²) in [6.07, 6.45) is 4.98. The van der Waals surface area contributed by atoms with E-state index in [1.165, 1.54) is 5.69 Å². The minimum atomic E-state index is -0.332. The fourth-order valence-corrected chi connectivity index (χ4v) is 4.06. The minimum Gasteiger partial charge on any atom is -0.349 e. The zero-order valence-corrected chi connectivity index (χ0v) is 16.0. The molecule has 26 heavy (non-hydrogen) atoms. The van der Waals surface area contributed by atoms with Gasteiger partial charge < -0.3 is 10.2 Å². The summed E-state index contributed by atoms with van der Waals surface area (Å²) in [4.78, 5) is 28.5. The summed E-state index contributed by atoms with van der Waals surface area (Å²) in [6, 6.07) is 1.78. The lowest BCUT2D eigenvalue weighted by Crippen LogP contribution is -2.51. The lowest BCUT2D eigenvalue weighted by molar-refractivity contribution is -0.140. The Labute approximate surface area is 155 Å². The second kappa shape index (κ2) is 8.66. The number of hydrogen-bond donors (Lipinski definition) is 1. The fourth-order valence-electron chi connectivity index (χ4n) is 4.06. The molecule has 0 spiro atoms. The van der Waals surface area contributed by atoms with E-state index in [9.17, 15) is 9.59 Å². The van der Waals surface area contributed by atoms with Crippen molar-refractivity contribution in [3.05, 3.63) is 17.5 Å². The average Bonchev–Trinajstić information content (AvgIpc) is 2.91. The highest BCUT2D eigenvalue weighted by Gasteiger charge is 2.30. The Bertz CT molecular complexity index is 642. The molecule has 1 aromatic rings. The van der Waals surface area contributed by atoms with Crippen LogP contribution in [0.25, 0.3) is 0 Å². The predicted octanol–water partition coefficient (Wildman–Crippen LogP) is 1.52. The number of nitrogens with zero attached hydrogens (tertiary/aromatic N) is 4. The van der Waals surface area contributed by atoms with Crippen molar-refractivity contribution in [2.75, 3.05) is 19.6 Å². The van der Waals surface area contributed by atoms with E-state index in [1.54, 1.807) is 11.8 Å². The third kappa shape index (κ3) is 4.44. The summed E-state index contributed by atoms with van der Waals surface area (Å²) in [5, 5.41) is 7.66. The maximum atomic E-state index is 12.6. The van der Waals surface area contributed by atoms with Crippen LogP contribution in [-0.4, -0.2) is 57.1 Å². The first-order valence-corrected chi connectivity index (χ1v) is 9.91. The average molecular weight is 361 g/mol. The fraction of sp³-hybridized carbons (Fsp3) is 0.737. The van der Waals surface area contributed by atoms with E-state index in [0.717, 1.165) is 64.0 Å².